The van der Waals surface area contributed by atoms with E-state index >= 15 is 0 Å². The lowest BCUT2D eigenvalue weighted by molar-refractivity contribution is 0.449. The number of hydrogen-bond acceptors (Lipinski definition) is 1. The van der Waals surface area contributed by atoms with E-state index in [1.807, 2.05) is 11.3 Å². The predicted octanol–water partition coefficient (Wildman–Crippen LogP) is 5.66. The minimum atomic E-state index is 0.867. The van der Waals surface area contributed by atoms with Crippen molar-refractivity contribution < 1.29 is 0 Å². The zero-order chi connectivity index (χ0) is 12.1. The van der Waals surface area contributed by atoms with Crippen molar-refractivity contribution in [2.45, 2.75) is 46.0 Å². The Morgan fingerprint density at radius 3 is 2.82 bits per heavy atom. The topological polar surface area (TPSA) is 0 Å². The Balaban J connectivity index is 2.05. The molecule has 2 aromatic rings. The smallest absolute Gasteiger partial charge is 0.0342 e. The fraction of sp³-hybridized carbons (Fsp3) is 0.500. The molecule has 0 saturated carbocycles. The van der Waals surface area contributed by atoms with Crippen molar-refractivity contribution in [2.24, 2.45) is 5.92 Å². The fourth-order valence-corrected chi connectivity index (χ4v) is 3.19. The molecule has 1 unspecified atom stereocenters. The summed E-state index contributed by atoms with van der Waals surface area (Å²) in [6.45, 7) is 4.60. The van der Waals surface area contributed by atoms with Crippen molar-refractivity contribution in [1.82, 2.24) is 0 Å². The summed E-state index contributed by atoms with van der Waals surface area (Å²) in [5.41, 5.74) is 1.51. The summed E-state index contributed by atoms with van der Waals surface area (Å²) in [6, 6.07) is 9.20. The molecule has 17 heavy (non-hydrogen) atoms. The third kappa shape index (κ3) is 3.32. The van der Waals surface area contributed by atoms with Crippen LogP contribution in [0.3, 0.4) is 0 Å². The van der Waals surface area contributed by atoms with E-state index < -0.39 is 0 Å². The van der Waals surface area contributed by atoms with Gasteiger partial charge in [0.25, 0.3) is 0 Å². The van der Waals surface area contributed by atoms with Crippen LogP contribution in [0.4, 0.5) is 0 Å². The van der Waals surface area contributed by atoms with Gasteiger partial charge < -0.3 is 0 Å². The molecule has 0 bridgehead atoms. The van der Waals surface area contributed by atoms with Crippen LogP contribution in [-0.2, 0) is 6.42 Å². The molecule has 0 saturated heterocycles. The van der Waals surface area contributed by atoms with Crippen LogP contribution in [0.25, 0.3) is 10.1 Å². The molecule has 0 amide bonds. The molecule has 1 atom stereocenters. The van der Waals surface area contributed by atoms with E-state index in [0.717, 1.165) is 5.92 Å². The van der Waals surface area contributed by atoms with E-state index in [1.54, 1.807) is 0 Å². The first kappa shape index (κ1) is 12.6. The van der Waals surface area contributed by atoms with Gasteiger partial charge in [0.15, 0.2) is 0 Å². The standard InChI is InChI=1S/C16H22S/c1-3-5-6-13(4-2)11-14-7-8-16-15(12-14)9-10-17-16/h7-10,12-13H,3-6,11H2,1-2H3. The SMILES string of the molecule is CCCCC(CC)Cc1ccc2sccc2c1. The van der Waals surface area contributed by atoms with Gasteiger partial charge in [0, 0.05) is 4.70 Å². The molecule has 0 N–H and O–H groups in total. The molecule has 0 aliphatic carbocycles. The van der Waals surface area contributed by atoms with Crippen LogP contribution >= 0.6 is 11.3 Å². The largest absolute Gasteiger partial charge is 0.144 e. The second-order valence-corrected chi connectivity index (χ2v) is 5.86. The summed E-state index contributed by atoms with van der Waals surface area (Å²) < 4.78 is 1.41. The Morgan fingerprint density at radius 2 is 2.06 bits per heavy atom. The molecule has 1 aromatic carbocycles. The van der Waals surface area contributed by atoms with Crippen molar-refractivity contribution in [2.75, 3.05) is 0 Å². The summed E-state index contributed by atoms with van der Waals surface area (Å²) in [4.78, 5) is 0. The van der Waals surface area contributed by atoms with Crippen LogP contribution in [-0.4, -0.2) is 0 Å². The lowest BCUT2D eigenvalue weighted by Gasteiger charge is -2.14. The van der Waals surface area contributed by atoms with Gasteiger partial charge in [-0.1, -0.05) is 51.7 Å². The average molecular weight is 246 g/mol. The van der Waals surface area contributed by atoms with Crippen LogP contribution in [0, 0.1) is 5.92 Å². The Morgan fingerprint density at radius 1 is 1.18 bits per heavy atom. The van der Waals surface area contributed by atoms with E-state index in [1.165, 1.54) is 47.8 Å². The van der Waals surface area contributed by atoms with Crippen LogP contribution in [0.15, 0.2) is 29.6 Å². The molecular weight excluding hydrogens is 224 g/mol. The number of rotatable bonds is 6. The maximum absolute atomic E-state index is 2.38. The first-order valence-electron chi connectivity index (χ1n) is 6.79. The van der Waals surface area contributed by atoms with Gasteiger partial charge in [-0.15, -0.1) is 11.3 Å². The third-order valence-electron chi connectivity index (χ3n) is 3.58. The Hall–Kier alpha value is -0.820. The minimum Gasteiger partial charge on any atom is -0.144 e. The Labute approximate surface area is 109 Å². The van der Waals surface area contributed by atoms with Gasteiger partial charge in [0.05, 0.1) is 0 Å². The number of fused-ring (bicyclic) bond motifs is 1. The number of benzene rings is 1. The molecule has 0 fully saturated rings. The number of thiophene rings is 1. The van der Waals surface area contributed by atoms with Gasteiger partial charge in [-0.2, -0.15) is 0 Å². The van der Waals surface area contributed by atoms with Crippen molar-refractivity contribution >= 4 is 21.4 Å². The molecule has 1 aromatic heterocycles. The molecule has 0 radical (unpaired) electrons. The second-order valence-electron chi connectivity index (χ2n) is 4.91. The highest BCUT2D eigenvalue weighted by Crippen LogP contribution is 2.25. The molecule has 0 spiro atoms. The second kappa shape index (κ2) is 6.20. The number of hydrogen-bond donors (Lipinski definition) is 0. The zero-order valence-corrected chi connectivity index (χ0v) is 11.7. The number of unbranched alkanes of at least 4 members (excludes halogenated alkanes) is 1. The molecule has 0 aliphatic heterocycles. The van der Waals surface area contributed by atoms with Crippen molar-refractivity contribution in [3.63, 3.8) is 0 Å². The minimum absolute atomic E-state index is 0.867. The van der Waals surface area contributed by atoms with E-state index in [9.17, 15) is 0 Å². The zero-order valence-electron chi connectivity index (χ0n) is 10.9. The normalized spacial score (nSPS) is 13.1. The van der Waals surface area contributed by atoms with Gasteiger partial charge in [-0.05, 0) is 40.8 Å². The van der Waals surface area contributed by atoms with E-state index in [2.05, 4.69) is 43.5 Å². The maximum atomic E-state index is 2.38. The Bertz CT molecular complexity index is 455. The predicted molar refractivity (Wildman–Crippen MR) is 78.8 cm³/mol. The van der Waals surface area contributed by atoms with Gasteiger partial charge in [0.2, 0.25) is 0 Å². The highest BCUT2D eigenvalue weighted by Gasteiger charge is 2.07. The molecular formula is C16H22S. The van der Waals surface area contributed by atoms with Gasteiger partial charge in [-0.25, -0.2) is 0 Å². The summed E-state index contributed by atoms with van der Waals surface area (Å²) >= 11 is 1.83. The van der Waals surface area contributed by atoms with Crippen LogP contribution in [0.5, 0.6) is 0 Å². The maximum Gasteiger partial charge on any atom is 0.0342 e. The van der Waals surface area contributed by atoms with E-state index in [0.29, 0.717) is 0 Å². The van der Waals surface area contributed by atoms with E-state index in [-0.39, 0.29) is 0 Å². The monoisotopic (exact) mass is 246 g/mol. The highest BCUT2D eigenvalue weighted by atomic mass is 32.1. The summed E-state index contributed by atoms with van der Waals surface area (Å²) in [5, 5.41) is 3.60. The molecule has 1 heteroatoms. The lowest BCUT2D eigenvalue weighted by Crippen LogP contribution is -2.03. The molecule has 0 aliphatic rings. The molecule has 0 nitrogen and oxygen atoms in total. The van der Waals surface area contributed by atoms with E-state index in [4.69, 9.17) is 0 Å². The molecule has 1 heterocycles. The first-order valence-corrected chi connectivity index (χ1v) is 7.67. The van der Waals surface area contributed by atoms with Crippen LogP contribution in [0.1, 0.15) is 45.1 Å². The van der Waals surface area contributed by atoms with Crippen LogP contribution in [0.2, 0.25) is 0 Å². The first-order chi connectivity index (χ1) is 8.33. The van der Waals surface area contributed by atoms with Crippen molar-refractivity contribution in [3.8, 4) is 0 Å². The third-order valence-corrected chi connectivity index (χ3v) is 4.48. The summed E-state index contributed by atoms with van der Waals surface area (Å²) in [6.07, 6.45) is 6.64. The molecule has 2 rings (SSSR count). The quantitative estimate of drug-likeness (QED) is 0.617. The van der Waals surface area contributed by atoms with Gasteiger partial charge in [-0.3, -0.25) is 0 Å². The summed E-state index contributed by atoms with van der Waals surface area (Å²) in [5.74, 6) is 0.867. The average Bonchev–Trinajstić information content (AvgIpc) is 2.81. The van der Waals surface area contributed by atoms with Crippen LogP contribution < -0.4 is 0 Å². The lowest BCUT2D eigenvalue weighted by atomic mass is 9.92. The highest BCUT2D eigenvalue weighted by molar-refractivity contribution is 7.17. The van der Waals surface area contributed by atoms with Gasteiger partial charge >= 0.3 is 0 Å². The van der Waals surface area contributed by atoms with Crippen molar-refractivity contribution in [3.05, 3.63) is 35.2 Å². The fourth-order valence-electron chi connectivity index (χ4n) is 2.42. The summed E-state index contributed by atoms with van der Waals surface area (Å²) in [7, 11) is 0. The Kier molecular flexibility index (Phi) is 4.61. The van der Waals surface area contributed by atoms with Crippen molar-refractivity contribution in [1.29, 1.82) is 0 Å². The molecule has 92 valence electrons. The van der Waals surface area contributed by atoms with Gasteiger partial charge in [0.1, 0.15) is 0 Å².